The van der Waals surface area contributed by atoms with Crippen molar-refractivity contribution in [3.8, 4) is 0 Å². The first-order valence-corrected chi connectivity index (χ1v) is 12.9. The average Bonchev–Trinajstić information content (AvgIpc) is 3.39. The average molecular weight is 569 g/mol. The van der Waals surface area contributed by atoms with E-state index in [4.69, 9.17) is 4.74 Å². The van der Waals surface area contributed by atoms with E-state index in [1.54, 1.807) is 35.7 Å². The van der Waals surface area contributed by atoms with Crippen LogP contribution in [-0.2, 0) is 38.7 Å². The molecule has 3 rings (SSSR count). The van der Waals surface area contributed by atoms with E-state index < -0.39 is 49.0 Å². The number of anilines is 1. The number of ether oxygens (including phenoxy) is 1. The Labute approximate surface area is 233 Å². The van der Waals surface area contributed by atoms with Gasteiger partial charge in [-0.1, -0.05) is 60.7 Å². The van der Waals surface area contributed by atoms with Crippen molar-refractivity contribution >= 4 is 46.4 Å². The Hall–Kier alpha value is -4.98. The van der Waals surface area contributed by atoms with E-state index in [9.17, 15) is 29.1 Å². The first-order valence-electron chi connectivity index (χ1n) is 12.0. The van der Waals surface area contributed by atoms with E-state index in [1.165, 1.54) is 0 Å². The van der Waals surface area contributed by atoms with Gasteiger partial charge in [-0.25, -0.2) is 19.4 Å². The molecule has 1 aromatic heterocycles. The van der Waals surface area contributed by atoms with Gasteiger partial charge in [-0.2, -0.15) is 0 Å². The number of aromatic nitrogens is 1. The molecule has 3 aromatic rings. The molecule has 5 amide bonds. The van der Waals surface area contributed by atoms with Crippen molar-refractivity contribution in [2.24, 2.45) is 0 Å². The molecule has 6 N–H and O–H groups in total. The Morgan fingerprint density at radius 3 is 2.23 bits per heavy atom. The number of alkyl carbamates (subject to hydrolysis) is 1. The molecule has 14 heteroatoms. The van der Waals surface area contributed by atoms with Gasteiger partial charge < -0.3 is 31.1 Å². The van der Waals surface area contributed by atoms with Crippen molar-refractivity contribution in [3.05, 3.63) is 82.9 Å². The summed E-state index contributed by atoms with van der Waals surface area (Å²) < 4.78 is 4.99. The van der Waals surface area contributed by atoms with E-state index >= 15 is 0 Å². The zero-order valence-electron chi connectivity index (χ0n) is 21.2. The Balaban J connectivity index is 1.33. The first kappa shape index (κ1) is 29.6. The van der Waals surface area contributed by atoms with Crippen molar-refractivity contribution in [2.45, 2.75) is 25.6 Å². The highest BCUT2D eigenvalue weighted by molar-refractivity contribution is 7.13. The first-order chi connectivity index (χ1) is 19.3. The number of nitrogens with zero attached hydrogens (tertiary/aromatic N) is 1. The Morgan fingerprint density at radius 1 is 0.875 bits per heavy atom. The molecular formula is C26H28N6O7S. The Bertz CT molecular complexity index is 1300. The van der Waals surface area contributed by atoms with Crippen molar-refractivity contribution < 1.29 is 33.8 Å². The molecule has 210 valence electrons. The van der Waals surface area contributed by atoms with Crippen LogP contribution in [0.2, 0.25) is 0 Å². The number of rotatable bonds is 13. The van der Waals surface area contributed by atoms with Crippen LogP contribution in [0.1, 0.15) is 16.8 Å². The summed E-state index contributed by atoms with van der Waals surface area (Å²) in [5.74, 6) is -2.53. The number of carboxylic acids is 1. The second kappa shape index (κ2) is 15.4. The molecular weight excluding hydrogens is 540 g/mol. The van der Waals surface area contributed by atoms with Gasteiger partial charge in [0.15, 0.2) is 5.13 Å². The van der Waals surface area contributed by atoms with Crippen LogP contribution in [0.3, 0.4) is 0 Å². The summed E-state index contributed by atoms with van der Waals surface area (Å²) >= 11 is 1.14. The summed E-state index contributed by atoms with van der Waals surface area (Å²) in [7, 11) is 0. The molecule has 0 radical (unpaired) electrons. The molecule has 0 fully saturated rings. The monoisotopic (exact) mass is 568 g/mol. The lowest BCUT2D eigenvalue weighted by Crippen LogP contribution is -2.50. The van der Waals surface area contributed by atoms with Crippen LogP contribution in [0.15, 0.2) is 66.0 Å². The van der Waals surface area contributed by atoms with E-state index in [1.807, 2.05) is 30.3 Å². The number of carbonyl (C=O) groups excluding carboxylic acids is 4. The molecule has 0 saturated carbocycles. The molecule has 0 aliphatic rings. The van der Waals surface area contributed by atoms with Crippen LogP contribution >= 0.6 is 11.3 Å². The Kier molecular flexibility index (Phi) is 11.4. The smallest absolute Gasteiger partial charge is 0.408 e. The zero-order chi connectivity index (χ0) is 28.7. The molecule has 40 heavy (non-hydrogen) atoms. The van der Waals surface area contributed by atoms with Crippen LogP contribution in [-0.4, -0.2) is 59.1 Å². The minimum atomic E-state index is -1.44. The van der Waals surface area contributed by atoms with Gasteiger partial charge in [0.2, 0.25) is 11.8 Å². The van der Waals surface area contributed by atoms with Gasteiger partial charge >= 0.3 is 18.1 Å². The summed E-state index contributed by atoms with van der Waals surface area (Å²) in [6.07, 6.45) is -1.09. The fourth-order valence-electron chi connectivity index (χ4n) is 3.16. The molecule has 0 saturated heterocycles. The SMILES string of the molecule is O=C(CNC(=O)Cc1csc(NC(=O)NCc2ccccc2)n1)NC[C@H](NC(=O)OCc1ccccc1)C(=O)O. The highest BCUT2D eigenvalue weighted by Crippen LogP contribution is 2.15. The maximum atomic E-state index is 12.2. The number of carbonyl (C=O) groups is 5. The predicted octanol–water partition coefficient (Wildman–Crippen LogP) is 1.62. The number of thiazole rings is 1. The zero-order valence-corrected chi connectivity index (χ0v) is 22.0. The lowest BCUT2D eigenvalue weighted by Gasteiger charge is -2.15. The third-order valence-corrected chi connectivity index (χ3v) is 5.97. The van der Waals surface area contributed by atoms with Crippen molar-refractivity contribution in [3.63, 3.8) is 0 Å². The third-order valence-electron chi connectivity index (χ3n) is 5.16. The van der Waals surface area contributed by atoms with Crippen LogP contribution in [0.25, 0.3) is 0 Å². The molecule has 13 nitrogen and oxygen atoms in total. The van der Waals surface area contributed by atoms with Gasteiger partial charge in [-0.3, -0.25) is 14.9 Å². The topological polar surface area (TPSA) is 188 Å². The second-order valence-corrected chi connectivity index (χ2v) is 9.15. The normalized spacial score (nSPS) is 11.0. The number of urea groups is 1. The molecule has 0 unspecified atom stereocenters. The van der Waals surface area contributed by atoms with Crippen LogP contribution in [0.4, 0.5) is 14.7 Å². The van der Waals surface area contributed by atoms with Gasteiger partial charge in [0.05, 0.1) is 18.7 Å². The lowest BCUT2D eigenvalue weighted by atomic mass is 10.2. The largest absolute Gasteiger partial charge is 0.480 e. The highest BCUT2D eigenvalue weighted by atomic mass is 32.1. The molecule has 0 aliphatic heterocycles. The Morgan fingerprint density at radius 2 is 1.55 bits per heavy atom. The van der Waals surface area contributed by atoms with Crippen LogP contribution in [0.5, 0.6) is 0 Å². The fourth-order valence-corrected chi connectivity index (χ4v) is 3.86. The van der Waals surface area contributed by atoms with Crippen LogP contribution in [0, 0.1) is 0 Å². The number of hydrogen-bond acceptors (Lipinski definition) is 8. The standard InChI is InChI=1S/C26H28N6O7S/c33-21(11-19-16-40-25(30-19)32-24(37)29-12-17-7-3-1-4-8-17)28-14-22(34)27-13-20(23(35)36)31-26(38)39-15-18-9-5-2-6-10-18/h1-10,16,20H,11-15H2,(H,27,34)(H,28,33)(H,31,38)(H,35,36)(H2,29,30,32,37)/t20-/m0/s1. The minimum absolute atomic E-state index is 0.0462. The maximum absolute atomic E-state index is 12.2. The molecule has 1 heterocycles. The lowest BCUT2D eigenvalue weighted by molar-refractivity contribution is -0.139. The minimum Gasteiger partial charge on any atom is -0.480 e. The molecule has 1 atom stereocenters. The van der Waals surface area contributed by atoms with E-state index in [-0.39, 0.29) is 13.0 Å². The van der Waals surface area contributed by atoms with E-state index in [2.05, 4.69) is 31.6 Å². The molecule has 0 spiro atoms. The summed E-state index contributed by atoms with van der Waals surface area (Å²) in [5.41, 5.74) is 2.06. The maximum Gasteiger partial charge on any atom is 0.408 e. The van der Waals surface area contributed by atoms with E-state index in [0.29, 0.717) is 17.4 Å². The molecule has 0 aliphatic carbocycles. The molecule has 2 aromatic carbocycles. The summed E-state index contributed by atoms with van der Waals surface area (Å²) in [6, 6.07) is 16.3. The molecule has 0 bridgehead atoms. The van der Waals surface area contributed by atoms with E-state index in [0.717, 1.165) is 22.5 Å². The number of hydrogen-bond donors (Lipinski definition) is 6. The highest BCUT2D eigenvalue weighted by Gasteiger charge is 2.21. The van der Waals surface area contributed by atoms with Gasteiger partial charge in [0, 0.05) is 18.5 Å². The van der Waals surface area contributed by atoms with Crippen molar-refractivity contribution in [2.75, 3.05) is 18.4 Å². The van der Waals surface area contributed by atoms with Gasteiger partial charge in [0.1, 0.15) is 12.6 Å². The summed E-state index contributed by atoms with van der Waals surface area (Å²) in [6.45, 7) is -0.537. The quantitative estimate of drug-likeness (QED) is 0.179. The van der Waals surface area contributed by atoms with Crippen molar-refractivity contribution in [1.82, 2.24) is 26.3 Å². The van der Waals surface area contributed by atoms with Crippen LogP contribution < -0.4 is 26.6 Å². The third kappa shape index (κ3) is 10.8. The number of benzene rings is 2. The van der Waals surface area contributed by atoms with Crippen molar-refractivity contribution in [1.29, 1.82) is 0 Å². The number of carboxylic acid groups (broad SMARTS) is 1. The van der Waals surface area contributed by atoms with Gasteiger partial charge in [-0.05, 0) is 11.1 Å². The number of amides is 5. The second-order valence-electron chi connectivity index (χ2n) is 8.29. The number of aliphatic carboxylic acids is 1. The van der Waals surface area contributed by atoms with Gasteiger partial charge in [-0.15, -0.1) is 11.3 Å². The number of nitrogens with one attached hydrogen (secondary N) is 5. The van der Waals surface area contributed by atoms with Gasteiger partial charge in [0.25, 0.3) is 0 Å². The fraction of sp³-hybridized carbons (Fsp3) is 0.231. The summed E-state index contributed by atoms with van der Waals surface area (Å²) in [5, 5.41) is 23.4. The summed E-state index contributed by atoms with van der Waals surface area (Å²) in [4.78, 5) is 63.9. The predicted molar refractivity (Wildman–Crippen MR) is 145 cm³/mol.